The number of Topliss-reactive ketones (excluding diaryl/α,β-unsaturated/α-hetero) is 1. The Balaban J connectivity index is 1.29. The van der Waals surface area contributed by atoms with Gasteiger partial charge in [0, 0.05) is 37.3 Å². The van der Waals surface area contributed by atoms with Crippen molar-refractivity contribution in [3.8, 4) is 0 Å². The van der Waals surface area contributed by atoms with E-state index in [-0.39, 0.29) is 29.5 Å². The largest absolute Gasteiger partial charge is 0.349 e. The van der Waals surface area contributed by atoms with Crippen LogP contribution >= 0.6 is 0 Å². The van der Waals surface area contributed by atoms with Crippen molar-refractivity contribution in [3.63, 3.8) is 0 Å². The van der Waals surface area contributed by atoms with Crippen molar-refractivity contribution in [1.29, 1.82) is 0 Å². The number of ketones is 1. The van der Waals surface area contributed by atoms with E-state index >= 15 is 0 Å². The number of H-pyrrole nitrogens is 1. The van der Waals surface area contributed by atoms with Gasteiger partial charge in [0.05, 0.1) is 6.33 Å². The summed E-state index contributed by atoms with van der Waals surface area (Å²) in [6.07, 6.45) is 3.89. The number of nitrogens with one attached hydrogen (secondary N) is 3. The van der Waals surface area contributed by atoms with Crippen molar-refractivity contribution in [2.24, 2.45) is 5.92 Å². The molecule has 1 saturated heterocycles. The zero-order chi connectivity index (χ0) is 25.5. The molecule has 1 fully saturated rings. The molecule has 1 atom stereocenters. The van der Waals surface area contributed by atoms with Gasteiger partial charge in [-0.25, -0.2) is 9.37 Å². The lowest BCUT2D eigenvalue weighted by molar-refractivity contribution is 0.0926. The second-order valence-electron chi connectivity index (χ2n) is 9.19. The first-order valence-electron chi connectivity index (χ1n) is 12.1. The lowest BCUT2D eigenvalue weighted by atomic mass is 10.0. The van der Waals surface area contributed by atoms with Crippen LogP contribution in [0.5, 0.6) is 0 Å². The van der Waals surface area contributed by atoms with Crippen LogP contribution in [0.2, 0.25) is 0 Å². The van der Waals surface area contributed by atoms with Gasteiger partial charge in [-0.1, -0.05) is 19.1 Å². The van der Waals surface area contributed by atoms with E-state index < -0.39 is 11.7 Å². The molecule has 0 bridgehead atoms. The number of amides is 2. The van der Waals surface area contributed by atoms with E-state index in [1.165, 1.54) is 43.4 Å². The molecule has 1 unspecified atom stereocenters. The van der Waals surface area contributed by atoms with Crippen molar-refractivity contribution in [3.05, 3.63) is 83.2 Å². The summed E-state index contributed by atoms with van der Waals surface area (Å²) in [7, 11) is 0. The van der Waals surface area contributed by atoms with Crippen molar-refractivity contribution in [1.82, 2.24) is 20.2 Å². The van der Waals surface area contributed by atoms with E-state index in [2.05, 4.69) is 32.4 Å². The minimum atomic E-state index is -0.513. The Hall–Kier alpha value is -3.85. The molecule has 9 heteroatoms. The number of aromatic amines is 1. The minimum absolute atomic E-state index is 0.00894. The van der Waals surface area contributed by atoms with E-state index in [9.17, 15) is 18.8 Å². The monoisotopic (exact) mass is 491 g/mol. The molecule has 1 aliphatic heterocycles. The number of rotatable bonds is 9. The first kappa shape index (κ1) is 25.2. The Morgan fingerprint density at radius 2 is 1.83 bits per heavy atom. The smallest absolute Gasteiger partial charge is 0.276 e. The van der Waals surface area contributed by atoms with E-state index in [4.69, 9.17) is 0 Å². The van der Waals surface area contributed by atoms with Gasteiger partial charge in [0.25, 0.3) is 11.8 Å². The Kier molecular flexibility index (Phi) is 8.22. The van der Waals surface area contributed by atoms with Gasteiger partial charge in [-0.2, -0.15) is 0 Å². The molecule has 0 saturated carbocycles. The van der Waals surface area contributed by atoms with Gasteiger partial charge in [0.2, 0.25) is 0 Å². The normalized spacial score (nSPS) is 15.9. The van der Waals surface area contributed by atoms with Crippen LogP contribution in [0.1, 0.15) is 56.7 Å². The number of carbonyl (C=O) groups excluding carboxylic acids is 3. The van der Waals surface area contributed by atoms with Gasteiger partial charge in [-0.15, -0.1) is 0 Å². The second-order valence-corrected chi connectivity index (χ2v) is 9.19. The highest BCUT2D eigenvalue weighted by Crippen LogP contribution is 2.16. The first-order valence-corrected chi connectivity index (χ1v) is 12.1. The second kappa shape index (κ2) is 11.7. The fourth-order valence-electron chi connectivity index (χ4n) is 4.36. The van der Waals surface area contributed by atoms with Gasteiger partial charge in [-0.3, -0.25) is 14.4 Å². The Morgan fingerprint density at radius 3 is 2.56 bits per heavy atom. The maximum Gasteiger partial charge on any atom is 0.276 e. The van der Waals surface area contributed by atoms with Crippen LogP contribution < -0.4 is 10.6 Å². The third-order valence-corrected chi connectivity index (χ3v) is 6.28. The van der Waals surface area contributed by atoms with Crippen molar-refractivity contribution in [2.75, 3.05) is 31.5 Å². The van der Waals surface area contributed by atoms with Crippen LogP contribution in [0.25, 0.3) is 0 Å². The highest BCUT2D eigenvalue weighted by molar-refractivity contribution is 6.10. The minimum Gasteiger partial charge on any atom is -0.349 e. The maximum atomic E-state index is 13.1. The average molecular weight is 492 g/mol. The number of nitrogens with zero attached hydrogens (tertiary/aromatic N) is 2. The summed E-state index contributed by atoms with van der Waals surface area (Å²) in [5.41, 5.74) is 1.82. The molecule has 4 rings (SSSR count). The molecule has 0 radical (unpaired) electrons. The molecule has 0 aliphatic carbocycles. The van der Waals surface area contributed by atoms with Gasteiger partial charge in [-0.05, 0) is 67.3 Å². The molecule has 188 valence electrons. The highest BCUT2D eigenvalue weighted by atomic mass is 19.1. The van der Waals surface area contributed by atoms with Crippen LogP contribution in [0.4, 0.5) is 10.1 Å². The molecular weight excluding hydrogens is 461 g/mol. The fourth-order valence-corrected chi connectivity index (χ4v) is 4.36. The number of hydrogen-bond donors (Lipinski definition) is 3. The van der Waals surface area contributed by atoms with E-state index in [1.807, 2.05) is 0 Å². The molecule has 0 spiro atoms. The number of halogens is 1. The SMILES string of the molecule is CC1CCCN(CCNC(=O)c2[nH]cnc2C(=O)Nc2ccc(CC(=O)c3ccc(F)cc3)cc2)C1. The van der Waals surface area contributed by atoms with Crippen LogP contribution in [0, 0.1) is 11.7 Å². The summed E-state index contributed by atoms with van der Waals surface area (Å²) in [4.78, 5) is 46.9. The number of imidazole rings is 1. The van der Waals surface area contributed by atoms with Crippen LogP contribution in [0.3, 0.4) is 0 Å². The molecule has 3 aromatic rings. The highest BCUT2D eigenvalue weighted by Gasteiger charge is 2.21. The molecular formula is C27H30FN5O3. The molecule has 2 aromatic carbocycles. The number of likely N-dealkylation sites (tertiary alicyclic amines) is 1. The van der Waals surface area contributed by atoms with E-state index in [0.29, 0.717) is 23.7 Å². The summed E-state index contributed by atoms with van der Waals surface area (Å²) in [5.74, 6) is -0.745. The Morgan fingerprint density at radius 1 is 1.08 bits per heavy atom. The molecule has 2 heterocycles. The van der Waals surface area contributed by atoms with Gasteiger partial charge >= 0.3 is 0 Å². The van der Waals surface area contributed by atoms with Crippen molar-refractivity contribution < 1.29 is 18.8 Å². The number of piperidine rings is 1. The Labute approximate surface area is 209 Å². The number of aromatic nitrogens is 2. The third kappa shape index (κ3) is 6.63. The number of carbonyl (C=O) groups is 3. The Bertz CT molecular complexity index is 1210. The van der Waals surface area contributed by atoms with Crippen molar-refractivity contribution >= 4 is 23.3 Å². The topological polar surface area (TPSA) is 107 Å². The summed E-state index contributed by atoms with van der Waals surface area (Å²) >= 11 is 0. The van der Waals surface area contributed by atoms with E-state index in [0.717, 1.165) is 25.2 Å². The van der Waals surface area contributed by atoms with Crippen LogP contribution in [-0.4, -0.2) is 58.6 Å². The third-order valence-electron chi connectivity index (χ3n) is 6.28. The molecule has 1 aromatic heterocycles. The van der Waals surface area contributed by atoms with E-state index in [1.54, 1.807) is 24.3 Å². The van der Waals surface area contributed by atoms with Gasteiger partial charge < -0.3 is 20.5 Å². The number of hydrogen-bond acceptors (Lipinski definition) is 5. The lowest BCUT2D eigenvalue weighted by Gasteiger charge is -2.30. The van der Waals surface area contributed by atoms with Gasteiger partial charge in [0.15, 0.2) is 11.5 Å². The molecule has 8 nitrogen and oxygen atoms in total. The fraction of sp³-hybridized carbons (Fsp3) is 0.333. The lowest BCUT2D eigenvalue weighted by Crippen LogP contribution is -2.40. The zero-order valence-electron chi connectivity index (χ0n) is 20.2. The zero-order valence-corrected chi connectivity index (χ0v) is 20.2. The summed E-state index contributed by atoms with van der Waals surface area (Å²) in [6.45, 7) is 5.57. The maximum absolute atomic E-state index is 13.1. The molecule has 3 N–H and O–H groups in total. The number of anilines is 1. The van der Waals surface area contributed by atoms with Crippen LogP contribution in [-0.2, 0) is 6.42 Å². The molecule has 36 heavy (non-hydrogen) atoms. The summed E-state index contributed by atoms with van der Waals surface area (Å²) < 4.78 is 13.1. The molecule has 1 aliphatic rings. The van der Waals surface area contributed by atoms with Crippen LogP contribution in [0.15, 0.2) is 54.9 Å². The van der Waals surface area contributed by atoms with Gasteiger partial charge in [0.1, 0.15) is 11.5 Å². The van der Waals surface area contributed by atoms with Crippen molar-refractivity contribution in [2.45, 2.75) is 26.2 Å². The first-order chi connectivity index (χ1) is 17.4. The average Bonchev–Trinajstić information content (AvgIpc) is 3.36. The predicted octanol–water partition coefficient (Wildman–Crippen LogP) is 3.69. The summed E-state index contributed by atoms with van der Waals surface area (Å²) in [6, 6.07) is 12.2. The standard InChI is InChI=1S/C27H30FN5O3/c1-18-3-2-13-33(16-18)14-12-29-26(35)24-25(31-17-30-24)27(36)32-22-10-4-19(5-11-22)15-23(34)20-6-8-21(28)9-7-20/h4-11,17-18H,2-3,12-16H2,1H3,(H,29,35)(H,30,31)(H,32,36). The summed E-state index contributed by atoms with van der Waals surface area (Å²) in [5, 5.41) is 5.60. The quantitative estimate of drug-likeness (QED) is 0.396. The molecule has 2 amide bonds. The number of benzene rings is 2. The predicted molar refractivity (Wildman–Crippen MR) is 135 cm³/mol.